The number of hydrogen-bond acceptors (Lipinski definition) is 6. The number of carbonyl (C=O) groups excluding carboxylic acids is 2. The first-order valence-corrected chi connectivity index (χ1v) is 9.62. The molecule has 6 nitrogen and oxygen atoms in total. The van der Waals surface area contributed by atoms with Crippen LogP contribution in [0.25, 0.3) is 6.08 Å². The maximum absolute atomic E-state index is 12.0. The summed E-state index contributed by atoms with van der Waals surface area (Å²) in [5.41, 5.74) is 1.58. The number of anilines is 1. The fraction of sp³-hybridized carbons (Fsp3) is 0.278. The van der Waals surface area contributed by atoms with Crippen molar-refractivity contribution in [2.24, 2.45) is 0 Å². The Kier molecular flexibility index (Phi) is 5.91. The maximum Gasteiger partial charge on any atom is 0.331 e. The Balaban J connectivity index is 1.54. The van der Waals surface area contributed by atoms with Gasteiger partial charge in [0.15, 0.2) is 11.3 Å². The van der Waals surface area contributed by atoms with Gasteiger partial charge >= 0.3 is 5.97 Å². The standard InChI is InChI=1S/C18H15BrN2O4S/c19-15-7-5-11(25-15)6-8-17(23)24-10-16(22)21-18-13(9-20)12-3-1-2-4-14(12)26-18/h5-8H,1-4,10H2,(H,21,22). The van der Waals surface area contributed by atoms with Crippen molar-refractivity contribution in [1.82, 2.24) is 0 Å². The van der Waals surface area contributed by atoms with Gasteiger partial charge in [0.2, 0.25) is 0 Å². The number of thiophene rings is 1. The molecule has 3 rings (SSSR count). The van der Waals surface area contributed by atoms with Crippen LogP contribution in [-0.4, -0.2) is 18.5 Å². The number of hydrogen-bond donors (Lipinski definition) is 1. The Morgan fingerprint density at radius 1 is 1.38 bits per heavy atom. The lowest BCUT2D eigenvalue weighted by molar-refractivity contribution is -0.142. The van der Waals surface area contributed by atoms with Crippen molar-refractivity contribution in [1.29, 1.82) is 5.26 Å². The molecule has 0 spiro atoms. The molecule has 26 heavy (non-hydrogen) atoms. The molecule has 1 aliphatic carbocycles. The van der Waals surface area contributed by atoms with Crippen LogP contribution >= 0.6 is 27.3 Å². The highest BCUT2D eigenvalue weighted by molar-refractivity contribution is 9.10. The minimum atomic E-state index is -0.654. The SMILES string of the molecule is N#Cc1c(NC(=O)COC(=O)C=Cc2ccc(Br)o2)sc2c1CCCC2. The van der Waals surface area contributed by atoms with E-state index in [1.165, 1.54) is 23.5 Å². The summed E-state index contributed by atoms with van der Waals surface area (Å²) in [6.45, 7) is -0.418. The van der Waals surface area contributed by atoms with Crippen LogP contribution in [0.5, 0.6) is 0 Å². The maximum atomic E-state index is 12.0. The van der Waals surface area contributed by atoms with Crippen molar-refractivity contribution in [3.8, 4) is 6.07 Å². The summed E-state index contributed by atoms with van der Waals surface area (Å²) in [4.78, 5) is 24.9. The molecule has 134 valence electrons. The van der Waals surface area contributed by atoms with Gasteiger partial charge in [-0.2, -0.15) is 5.26 Å². The largest absolute Gasteiger partial charge is 0.452 e. The minimum Gasteiger partial charge on any atom is -0.452 e. The van der Waals surface area contributed by atoms with Crippen LogP contribution in [0, 0.1) is 11.3 Å². The van der Waals surface area contributed by atoms with E-state index < -0.39 is 18.5 Å². The lowest BCUT2D eigenvalue weighted by Gasteiger charge is -2.09. The molecule has 1 aliphatic rings. The number of rotatable bonds is 5. The summed E-state index contributed by atoms with van der Waals surface area (Å²) in [6, 6.07) is 5.56. The Bertz CT molecular complexity index is 907. The van der Waals surface area contributed by atoms with Gasteiger partial charge in [-0.3, -0.25) is 4.79 Å². The minimum absolute atomic E-state index is 0.418. The number of esters is 1. The average Bonchev–Trinajstić information content (AvgIpc) is 3.20. The van der Waals surface area contributed by atoms with Crippen molar-refractivity contribution in [3.05, 3.63) is 44.6 Å². The van der Waals surface area contributed by atoms with Gasteiger partial charge in [-0.25, -0.2) is 4.79 Å². The van der Waals surface area contributed by atoms with Gasteiger partial charge in [0.1, 0.15) is 16.8 Å². The Labute approximate surface area is 162 Å². The van der Waals surface area contributed by atoms with Crippen molar-refractivity contribution in [2.45, 2.75) is 25.7 Å². The molecule has 0 saturated heterocycles. The molecular weight excluding hydrogens is 420 g/mol. The topological polar surface area (TPSA) is 92.3 Å². The van der Waals surface area contributed by atoms with Crippen LogP contribution in [0.15, 0.2) is 27.3 Å². The van der Waals surface area contributed by atoms with Crippen molar-refractivity contribution in [2.75, 3.05) is 11.9 Å². The second-order valence-electron chi connectivity index (χ2n) is 5.66. The third-order valence-electron chi connectivity index (χ3n) is 3.86. The third kappa shape index (κ3) is 4.42. The molecule has 0 aliphatic heterocycles. The number of furan rings is 1. The van der Waals surface area contributed by atoms with Crippen LogP contribution in [0.2, 0.25) is 0 Å². The number of carbonyl (C=O) groups is 2. The molecule has 8 heteroatoms. The first-order valence-electron chi connectivity index (χ1n) is 8.01. The number of ether oxygens (including phenoxy) is 1. The third-order valence-corrected chi connectivity index (χ3v) is 5.49. The fourth-order valence-corrected chi connectivity index (χ4v) is 4.26. The molecule has 0 aromatic carbocycles. The lowest BCUT2D eigenvalue weighted by atomic mass is 9.96. The quantitative estimate of drug-likeness (QED) is 0.565. The first kappa shape index (κ1) is 18.4. The number of nitriles is 1. The molecular formula is C18H15BrN2O4S. The van der Waals surface area contributed by atoms with Crippen LogP contribution < -0.4 is 5.32 Å². The highest BCUT2D eigenvalue weighted by Crippen LogP contribution is 2.37. The van der Waals surface area contributed by atoms with Gasteiger partial charge < -0.3 is 14.5 Å². The van der Waals surface area contributed by atoms with Gasteiger partial charge in [-0.05, 0) is 65.4 Å². The van der Waals surface area contributed by atoms with Gasteiger partial charge in [0.05, 0.1) is 5.56 Å². The van der Waals surface area contributed by atoms with E-state index in [1.807, 2.05) is 0 Å². The first-order chi connectivity index (χ1) is 12.6. The normalized spacial score (nSPS) is 13.2. The van der Waals surface area contributed by atoms with E-state index in [4.69, 9.17) is 9.15 Å². The van der Waals surface area contributed by atoms with Crippen molar-refractivity contribution in [3.63, 3.8) is 0 Å². The van der Waals surface area contributed by atoms with E-state index in [0.29, 0.717) is 21.0 Å². The smallest absolute Gasteiger partial charge is 0.331 e. The highest BCUT2D eigenvalue weighted by Gasteiger charge is 2.21. The Hall–Kier alpha value is -2.37. The lowest BCUT2D eigenvalue weighted by Crippen LogP contribution is -2.20. The molecule has 0 radical (unpaired) electrons. The zero-order valence-electron chi connectivity index (χ0n) is 13.7. The summed E-state index contributed by atoms with van der Waals surface area (Å²) in [7, 11) is 0. The average molecular weight is 435 g/mol. The molecule has 0 atom stereocenters. The second kappa shape index (κ2) is 8.34. The van der Waals surface area contributed by atoms with E-state index in [-0.39, 0.29) is 0 Å². The zero-order chi connectivity index (χ0) is 18.5. The number of fused-ring (bicyclic) bond motifs is 1. The number of nitrogens with one attached hydrogen (secondary N) is 1. The molecule has 2 heterocycles. The molecule has 0 fully saturated rings. The number of nitrogens with zero attached hydrogens (tertiary/aromatic N) is 1. The highest BCUT2D eigenvalue weighted by atomic mass is 79.9. The summed E-state index contributed by atoms with van der Waals surface area (Å²) in [6.07, 6.45) is 6.60. The molecule has 0 bridgehead atoms. The van der Waals surface area contributed by atoms with E-state index in [0.717, 1.165) is 36.1 Å². The molecule has 1 N–H and O–H groups in total. The molecule has 1 amide bonds. The fourth-order valence-electron chi connectivity index (χ4n) is 2.69. The predicted octanol–water partition coefficient (Wildman–Crippen LogP) is 4.05. The van der Waals surface area contributed by atoms with Gasteiger partial charge in [-0.1, -0.05) is 0 Å². The zero-order valence-corrected chi connectivity index (χ0v) is 16.1. The van der Waals surface area contributed by atoms with Crippen molar-refractivity contribution < 1.29 is 18.7 Å². The molecule has 2 aromatic rings. The van der Waals surface area contributed by atoms with Crippen LogP contribution in [-0.2, 0) is 27.2 Å². The summed E-state index contributed by atoms with van der Waals surface area (Å²) in [5.74, 6) is -0.637. The van der Waals surface area contributed by atoms with Gasteiger partial charge in [0, 0.05) is 11.0 Å². The molecule has 0 unspecified atom stereocenters. The van der Waals surface area contributed by atoms with Crippen LogP contribution in [0.1, 0.15) is 34.6 Å². The Morgan fingerprint density at radius 2 is 2.19 bits per heavy atom. The summed E-state index contributed by atoms with van der Waals surface area (Å²) >= 11 is 4.59. The number of amides is 1. The number of halogens is 1. The van der Waals surface area contributed by atoms with E-state index in [2.05, 4.69) is 27.3 Å². The van der Waals surface area contributed by atoms with E-state index in [1.54, 1.807) is 12.1 Å². The van der Waals surface area contributed by atoms with Crippen LogP contribution in [0.3, 0.4) is 0 Å². The van der Waals surface area contributed by atoms with Crippen molar-refractivity contribution >= 4 is 50.2 Å². The monoisotopic (exact) mass is 434 g/mol. The summed E-state index contributed by atoms with van der Waals surface area (Å²) in [5, 5.41) is 12.6. The predicted molar refractivity (Wildman–Crippen MR) is 101 cm³/mol. The molecule has 0 saturated carbocycles. The van der Waals surface area contributed by atoms with Crippen LogP contribution in [0.4, 0.5) is 5.00 Å². The summed E-state index contributed by atoms with van der Waals surface area (Å²) < 4.78 is 10.7. The van der Waals surface area contributed by atoms with E-state index in [9.17, 15) is 14.9 Å². The van der Waals surface area contributed by atoms with E-state index >= 15 is 0 Å². The Morgan fingerprint density at radius 3 is 2.92 bits per heavy atom. The second-order valence-corrected chi connectivity index (χ2v) is 7.54. The number of aryl methyl sites for hydroxylation is 1. The van der Waals surface area contributed by atoms with Gasteiger partial charge in [-0.15, -0.1) is 11.3 Å². The molecule has 2 aromatic heterocycles. The van der Waals surface area contributed by atoms with Gasteiger partial charge in [0.25, 0.3) is 5.91 Å².